The minimum absolute atomic E-state index is 0. The summed E-state index contributed by atoms with van der Waals surface area (Å²) in [4.78, 5) is 4.10. The van der Waals surface area contributed by atoms with Gasteiger partial charge in [-0.15, -0.1) is 10.2 Å². The van der Waals surface area contributed by atoms with Gasteiger partial charge < -0.3 is 7.16 Å². The van der Waals surface area contributed by atoms with Crippen LogP contribution in [0.25, 0.3) is 22.0 Å². The molecule has 0 radical (unpaired) electrons. The Balaban J connectivity index is 0.00000171. The molecule has 3 aromatic carbocycles. The molecule has 4 aromatic rings. The second-order valence-corrected chi connectivity index (χ2v) is 7.66. The molecule has 0 bridgehead atoms. The number of fused-ring (bicyclic) bond motifs is 1. The normalized spacial score (nSPS) is 11.5. The summed E-state index contributed by atoms with van der Waals surface area (Å²) >= 11 is 0. The maximum absolute atomic E-state index is 11.9. The fourth-order valence-electron chi connectivity index (χ4n) is 3.05. The van der Waals surface area contributed by atoms with Crippen LogP contribution in [0.4, 0.5) is 17.1 Å². The van der Waals surface area contributed by atoms with E-state index in [2.05, 4.69) is 15.2 Å². The summed E-state index contributed by atoms with van der Waals surface area (Å²) in [7, 11) is -4.47. The molecule has 0 aliphatic carbocycles. The van der Waals surface area contributed by atoms with Crippen LogP contribution >= 0.6 is 0 Å². The molecule has 9 heteroatoms. The van der Waals surface area contributed by atoms with E-state index in [0.717, 1.165) is 5.56 Å². The van der Waals surface area contributed by atoms with Crippen molar-refractivity contribution in [1.29, 1.82) is 0 Å². The van der Waals surface area contributed by atoms with Gasteiger partial charge in [-0.05, 0) is 18.2 Å². The predicted octanol–water partition coefficient (Wildman–Crippen LogP) is 2.26. The minimum Gasteiger partial charge on any atom is -1.00 e. The van der Waals surface area contributed by atoms with Crippen LogP contribution in [0.5, 0.6) is 0 Å². The summed E-state index contributed by atoms with van der Waals surface area (Å²) < 4.78 is 33.3. The summed E-state index contributed by atoms with van der Waals surface area (Å²) in [5, 5.41) is 9.20. The molecule has 0 spiro atoms. The van der Waals surface area contributed by atoms with Crippen molar-refractivity contribution >= 4 is 38.0 Å². The van der Waals surface area contributed by atoms with Crippen LogP contribution in [-0.4, -0.2) is 18.0 Å². The van der Waals surface area contributed by atoms with Gasteiger partial charge in [0.25, 0.3) is 10.1 Å². The average molecular weight is 428 g/mol. The van der Waals surface area contributed by atoms with E-state index in [1.54, 1.807) is 42.6 Å². The van der Waals surface area contributed by atoms with E-state index in [0.29, 0.717) is 22.2 Å². The number of anilines is 1. The maximum atomic E-state index is 11.9. The maximum Gasteiger partial charge on any atom is 1.00 e. The summed E-state index contributed by atoms with van der Waals surface area (Å²) in [5.41, 5.74) is 8.60. The first-order valence-electron chi connectivity index (χ1n) is 8.66. The van der Waals surface area contributed by atoms with Crippen molar-refractivity contribution in [2.45, 2.75) is 4.90 Å². The number of nitrogen functional groups attached to an aromatic ring is 1. The van der Waals surface area contributed by atoms with E-state index in [4.69, 9.17) is 5.73 Å². The Hall–Kier alpha value is -2.62. The van der Waals surface area contributed by atoms with Crippen molar-refractivity contribution in [2.75, 3.05) is 5.73 Å². The molecule has 1 heterocycles. The van der Waals surface area contributed by atoms with Crippen molar-refractivity contribution in [3.05, 3.63) is 79.0 Å². The first-order chi connectivity index (χ1) is 13.9. The molecule has 0 aliphatic heterocycles. The molecule has 0 unspecified atom stereocenters. The van der Waals surface area contributed by atoms with Gasteiger partial charge in [0.1, 0.15) is 16.3 Å². The van der Waals surface area contributed by atoms with Crippen LogP contribution in [0.3, 0.4) is 0 Å². The van der Waals surface area contributed by atoms with Gasteiger partial charge in [-0.1, -0.05) is 54.6 Å². The van der Waals surface area contributed by atoms with Crippen LogP contribution in [-0.2, 0) is 10.1 Å². The first-order valence-corrected chi connectivity index (χ1v) is 10.1. The molecule has 3 N–H and O–H groups in total. The summed E-state index contributed by atoms with van der Waals surface area (Å²) in [6, 6.07) is 20.8. The molecule has 0 saturated carbocycles. The van der Waals surface area contributed by atoms with Crippen molar-refractivity contribution in [3.63, 3.8) is 0 Å². The zero-order valence-electron chi connectivity index (χ0n) is 17.1. The monoisotopic (exact) mass is 428 g/mol. The smallest absolute Gasteiger partial charge is 1.00 e. The molecule has 1 aromatic heterocycles. The molecule has 7 nitrogen and oxygen atoms in total. The van der Waals surface area contributed by atoms with Gasteiger partial charge >= 0.3 is 29.6 Å². The van der Waals surface area contributed by atoms with Gasteiger partial charge in [0.2, 0.25) is 0 Å². The second-order valence-electron chi connectivity index (χ2n) is 6.27. The fourth-order valence-corrected chi connectivity index (χ4v) is 3.77. The number of nitrogens with zero attached hydrogens (tertiary/aromatic N) is 3. The third-order valence-electron chi connectivity index (χ3n) is 4.40. The Kier molecular flexibility index (Phi) is 6.64. The largest absolute Gasteiger partial charge is 1.00 e. The number of aromatic nitrogens is 1. The predicted molar refractivity (Wildman–Crippen MR) is 113 cm³/mol. The fraction of sp³-hybridized carbons (Fsp3) is 0. The minimum atomic E-state index is -4.47. The zero-order chi connectivity index (χ0) is 20.4. The molecular formula is C21H17N4NaO3S. The topological polar surface area (TPSA) is 118 Å². The molecule has 0 atom stereocenters. The number of benzene rings is 3. The van der Waals surface area contributed by atoms with Gasteiger partial charge in [-0.25, -0.2) is 0 Å². The average Bonchev–Trinajstić information content (AvgIpc) is 2.73. The van der Waals surface area contributed by atoms with Crippen LogP contribution < -0.4 is 35.3 Å². The Morgan fingerprint density at radius 3 is 2.20 bits per heavy atom. The Morgan fingerprint density at radius 1 is 0.867 bits per heavy atom. The number of pyridine rings is 1. The van der Waals surface area contributed by atoms with Crippen LogP contribution in [0.1, 0.15) is 1.43 Å². The van der Waals surface area contributed by atoms with Crippen LogP contribution in [0.15, 0.2) is 94.1 Å². The molecule has 0 aliphatic rings. The Morgan fingerprint density at radius 2 is 1.50 bits per heavy atom. The third-order valence-corrected chi connectivity index (χ3v) is 5.30. The van der Waals surface area contributed by atoms with Gasteiger partial charge in [-0.2, -0.15) is 8.42 Å². The van der Waals surface area contributed by atoms with Gasteiger partial charge in [-0.3, -0.25) is 9.54 Å². The van der Waals surface area contributed by atoms with E-state index in [1.807, 2.05) is 30.3 Å². The van der Waals surface area contributed by atoms with Crippen molar-refractivity contribution in [2.24, 2.45) is 10.2 Å². The summed E-state index contributed by atoms with van der Waals surface area (Å²) in [6.45, 7) is 0. The van der Waals surface area contributed by atoms with E-state index in [9.17, 15) is 13.0 Å². The van der Waals surface area contributed by atoms with Crippen molar-refractivity contribution in [1.82, 2.24) is 4.98 Å². The van der Waals surface area contributed by atoms with Gasteiger partial charge in [0, 0.05) is 22.5 Å². The zero-order valence-corrected chi connectivity index (χ0v) is 18.9. The quantitative estimate of drug-likeness (QED) is 0.224. The molecular weight excluding hydrogens is 411 g/mol. The molecule has 146 valence electrons. The second kappa shape index (κ2) is 9.03. The van der Waals surface area contributed by atoms with Crippen molar-refractivity contribution in [3.8, 4) is 11.3 Å². The van der Waals surface area contributed by atoms with E-state index in [-0.39, 0.29) is 47.3 Å². The third kappa shape index (κ3) is 4.43. The van der Waals surface area contributed by atoms with Crippen molar-refractivity contribution < 1.29 is 44.0 Å². The van der Waals surface area contributed by atoms with E-state index < -0.39 is 10.1 Å². The number of azo groups is 1. The Labute approximate surface area is 197 Å². The van der Waals surface area contributed by atoms with E-state index in [1.165, 1.54) is 6.07 Å². The molecule has 0 fully saturated rings. The van der Waals surface area contributed by atoms with Gasteiger partial charge in [0.05, 0.1) is 11.4 Å². The number of rotatable bonds is 4. The number of hydrogen-bond donors (Lipinski definition) is 2. The standard InChI is InChI=1S/C21H16N4O3S.Na.H/c22-20-16-10-5-4-9-15(16)19(29(26,27)28)13-18(20)25-24-17-11-6-12-23-21(17)14-7-2-1-3-8-14;;/h1-13H,22H2,(H,26,27,28);;/q;+1;-1. The molecule has 30 heavy (non-hydrogen) atoms. The summed E-state index contributed by atoms with van der Waals surface area (Å²) in [5.74, 6) is 0. The summed E-state index contributed by atoms with van der Waals surface area (Å²) in [6.07, 6.45) is 1.65. The molecule has 0 amide bonds. The van der Waals surface area contributed by atoms with Crippen LogP contribution in [0.2, 0.25) is 0 Å². The Bertz CT molecular complexity index is 1350. The molecule has 0 saturated heterocycles. The SMILES string of the molecule is Nc1c(N=Nc2cccnc2-c2ccccc2)cc(S(=O)(=O)O)c2ccccc12.[H-].[Na+]. The van der Waals surface area contributed by atoms with Gasteiger partial charge in [0.15, 0.2) is 0 Å². The van der Waals surface area contributed by atoms with E-state index >= 15 is 0 Å². The molecule has 4 rings (SSSR count). The first kappa shape index (κ1) is 22.1. The number of nitrogens with two attached hydrogens (primary N) is 1. The van der Waals surface area contributed by atoms with Crippen LogP contribution in [0, 0.1) is 0 Å². The number of hydrogen-bond acceptors (Lipinski definition) is 6.